The molecule has 136 valence electrons. The summed E-state index contributed by atoms with van der Waals surface area (Å²) >= 11 is 0. The molecule has 1 amide bonds. The average molecular weight is 345 g/mol. The van der Waals surface area contributed by atoms with Gasteiger partial charge >= 0.3 is 6.09 Å². The number of likely N-dealkylation sites (tertiary alicyclic amines) is 1. The van der Waals surface area contributed by atoms with Gasteiger partial charge in [0.15, 0.2) is 5.65 Å². The molecule has 7 nitrogen and oxygen atoms in total. The Bertz CT molecular complexity index is 762. The number of nitrogens with zero attached hydrogens (tertiary/aromatic N) is 4. The van der Waals surface area contributed by atoms with Crippen LogP contribution in [0, 0.1) is 0 Å². The molecule has 0 aromatic carbocycles. The number of hydrogen-bond donors (Lipinski definition) is 1. The van der Waals surface area contributed by atoms with E-state index in [4.69, 9.17) is 4.74 Å². The van der Waals surface area contributed by atoms with Crippen molar-refractivity contribution in [2.24, 2.45) is 0 Å². The Morgan fingerprint density at radius 3 is 2.80 bits per heavy atom. The summed E-state index contributed by atoms with van der Waals surface area (Å²) in [5.41, 5.74) is 1.38. The molecule has 0 radical (unpaired) electrons. The van der Waals surface area contributed by atoms with Crippen molar-refractivity contribution in [2.45, 2.75) is 58.7 Å². The lowest BCUT2D eigenvalue weighted by Crippen LogP contribution is -2.36. The van der Waals surface area contributed by atoms with Crippen molar-refractivity contribution in [1.29, 1.82) is 0 Å². The lowest BCUT2D eigenvalue weighted by Gasteiger charge is -2.24. The zero-order valence-electron chi connectivity index (χ0n) is 15.6. The minimum Gasteiger partial charge on any atom is -0.444 e. The summed E-state index contributed by atoms with van der Waals surface area (Å²) in [5, 5.41) is 8.88. The van der Waals surface area contributed by atoms with Crippen LogP contribution in [0.1, 0.15) is 47.1 Å². The van der Waals surface area contributed by atoms with Gasteiger partial charge in [0.1, 0.15) is 5.60 Å². The highest BCUT2D eigenvalue weighted by molar-refractivity contribution is 5.78. The maximum Gasteiger partial charge on any atom is 0.410 e. The minimum absolute atomic E-state index is 0.201. The van der Waals surface area contributed by atoms with E-state index in [2.05, 4.69) is 35.3 Å². The second-order valence-electron chi connectivity index (χ2n) is 7.88. The predicted molar refractivity (Wildman–Crippen MR) is 97.7 cm³/mol. The molecule has 1 aliphatic heterocycles. The number of fused-ring (bicyclic) bond motifs is 1. The molecule has 1 N–H and O–H groups in total. The van der Waals surface area contributed by atoms with E-state index < -0.39 is 5.60 Å². The Balaban J connectivity index is 1.64. The summed E-state index contributed by atoms with van der Waals surface area (Å²) in [6, 6.07) is 2.54. The second kappa shape index (κ2) is 6.54. The van der Waals surface area contributed by atoms with Gasteiger partial charge in [0.2, 0.25) is 0 Å². The third kappa shape index (κ3) is 4.03. The molecule has 0 saturated carbocycles. The SMILES string of the molecule is CC(C)n1ncc2cc(NC3CCN(C(=O)OC(C)(C)C)C3)cnc21. The van der Waals surface area contributed by atoms with Gasteiger partial charge in [-0.1, -0.05) is 0 Å². The first-order valence-electron chi connectivity index (χ1n) is 8.80. The van der Waals surface area contributed by atoms with Crippen LogP contribution >= 0.6 is 0 Å². The predicted octanol–water partition coefficient (Wildman–Crippen LogP) is 3.43. The molecule has 3 heterocycles. The number of ether oxygens (including phenoxy) is 1. The van der Waals surface area contributed by atoms with E-state index in [1.54, 1.807) is 4.90 Å². The maximum atomic E-state index is 12.2. The van der Waals surface area contributed by atoms with Crippen LogP contribution in [-0.4, -0.2) is 50.5 Å². The molecule has 1 unspecified atom stereocenters. The number of carbonyl (C=O) groups excluding carboxylic acids is 1. The smallest absolute Gasteiger partial charge is 0.410 e. The van der Waals surface area contributed by atoms with Gasteiger partial charge in [0, 0.05) is 30.6 Å². The van der Waals surface area contributed by atoms with Gasteiger partial charge < -0.3 is 15.0 Å². The lowest BCUT2D eigenvalue weighted by atomic mass is 10.2. The second-order valence-corrected chi connectivity index (χ2v) is 7.88. The van der Waals surface area contributed by atoms with Crippen molar-refractivity contribution in [3.05, 3.63) is 18.5 Å². The first-order chi connectivity index (χ1) is 11.7. The van der Waals surface area contributed by atoms with Crippen molar-refractivity contribution >= 4 is 22.8 Å². The van der Waals surface area contributed by atoms with Gasteiger partial charge in [0.25, 0.3) is 0 Å². The van der Waals surface area contributed by atoms with Crippen LogP contribution in [-0.2, 0) is 4.74 Å². The van der Waals surface area contributed by atoms with E-state index in [1.165, 1.54) is 0 Å². The van der Waals surface area contributed by atoms with Gasteiger partial charge in [-0.05, 0) is 47.1 Å². The van der Waals surface area contributed by atoms with Crippen LogP contribution in [0.15, 0.2) is 18.5 Å². The molecule has 7 heteroatoms. The third-order valence-corrected chi connectivity index (χ3v) is 4.13. The summed E-state index contributed by atoms with van der Waals surface area (Å²) in [6.07, 6.45) is 4.32. The number of carbonyl (C=O) groups is 1. The van der Waals surface area contributed by atoms with E-state index in [0.717, 1.165) is 23.1 Å². The average Bonchev–Trinajstić information content (AvgIpc) is 3.11. The highest BCUT2D eigenvalue weighted by Crippen LogP contribution is 2.22. The van der Waals surface area contributed by atoms with Gasteiger partial charge in [-0.15, -0.1) is 0 Å². The zero-order chi connectivity index (χ0) is 18.2. The minimum atomic E-state index is -0.464. The molecule has 2 aromatic heterocycles. The van der Waals surface area contributed by atoms with Crippen LogP contribution in [0.4, 0.5) is 10.5 Å². The number of hydrogen-bond acceptors (Lipinski definition) is 5. The fraction of sp³-hybridized carbons (Fsp3) is 0.611. The zero-order valence-corrected chi connectivity index (χ0v) is 15.6. The lowest BCUT2D eigenvalue weighted by molar-refractivity contribution is 0.0293. The van der Waals surface area contributed by atoms with E-state index >= 15 is 0 Å². The van der Waals surface area contributed by atoms with Crippen molar-refractivity contribution in [2.75, 3.05) is 18.4 Å². The van der Waals surface area contributed by atoms with E-state index in [-0.39, 0.29) is 18.2 Å². The van der Waals surface area contributed by atoms with E-state index in [9.17, 15) is 4.79 Å². The molecule has 1 atom stereocenters. The number of aromatic nitrogens is 3. The van der Waals surface area contributed by atoms with Crippen LogP contribution in [0.25, 0.3) is 11.0 Å². The van der Waals surface area contributed by atoms with Gasteiger partial charge in [-0.25, -0.2) is 14.5 Å². The maximum absolute atomic E-state index is 12.2. The highest BCUT2D eigenvalue weighted by atomic mass is 16.6. The molecule has 0 bridgehead atoms. The molecule has 1 saturated heterocycles. The van der Waals surface area contributed by atoms with Gasteiger partial charge in [-0.3, -0.25) is 0 Å². The first kappa shape index (κ1) is 17.5. The Hall–Kier alpha value is -2.31. The molecule has 3 rings (SSSR count). The molecule has 1 aliphatic rings. The topological polar surface area (TPSA) is 72.3 Å². The number of rotatable bonds is 3. The fourth-order valence-corrected chi connectivity index (χ4v) is 3.00. The molecular formula is C18H27N5O2. The number of pyridine rings is 1. The van der Waals surface area contributed by atoms with Crippen molar-refractivity contribution < 1.29 is 9.53 Å². The first-order valence-corrected chi connectivity index (χ1v) is 8.80. The van der Waals surface area contributed by atoms with Gasteiger partial charge in [0.05, 0.1) is 18.1 Å². The number of nitrogens with one attached hydrogen (secondary N) is 1. The van der Waals surface area contributed by atoms with Crippen molar-refractivity contribution in [3.63, 3.8) is 0 Å². The van der Waals surface area contributed by atoms with E-state index in [0.29, 0.717) is 13.1 Å². The summed E-state index contributed by atoms with van der Waals surface area (Å²) in [4.78, 5) is 18.4. The van der Waals surface area contributed by atoms with Crippen molar-refractivity contribution in [1.82, 2.24) is 19.7 Å². The van der Waals surface area contributed by atoms with E-state index in [1.807, 2.05) is 37.8 Å². The summed E-state index contributed by atoms with van der Waals surface area (Å²) in [7, 11) is 0. The Morgan fingerprint density at radius 1 is 1.36 bits per heavy atom. The molecule has 2 aromatic rings. The van der Waals surface area contributed by atoms with Crippen LogP contribution in [0.2, 0.25) is 0 Å². The van der Waals surface area contributed by atoms with Gasteiger partial charge in [-0.2, -0.15) is 5.10 Å². The summed E-state index contributed by atoms with van der Waals surface area (Å²) < 4.78 is 7.35. The Labute approximate surface area is 148 Å². The molecule has 0 spiro atoms. The van der Waals surface area contributed by atoms with Crippen molar-refractivity contribution in [3.8, 4) is 0 Å². The standard InChI is InChI=1S/C18H27N5O2/c1-12(2)23-16-13(9-20-23)8-15(10-19-16)21-14-6-7-22(11-14)17(24)25-18(3,4)5/h8-10,12,14,21H,6-7,11H2,1-5H3. The third-order valence-electron chi connectivity index (χ3n) is 4.13. The number of anilines is 1. The monoisotopic (exact) mass is 345 g/mol. The summed E-state index contributed by atoms with van der Waals surface area (Å²) in [5.74, 6) is 0. The van der Waals surface area contributed by atoms with Crippen LogP contribution in [0.5, 0.6) is 0 Å². The highest BCUT2D eigenvalue weighted by Gasteiger charge is 2.29. The Kier molecular flexibility index (Phi) is 4.58. The normalized spacial score (nSPS) is 18.2. The van der Waals surface area contributed by atoms with Crippen LogP contribution < -0.4 is 5.32 Å². The molecule has 25 heavy (non-hydrogen) atoms. The fourth-order valence-electron chi connectivity index (χ4n) is 3.00. The quantitative estimate of drug-likeness (QED) is 0.922. The largest absolute Gasteiger partial charge is 0.444 e. The van der Waals surface area contributed by atoms with Crippen LogP contribution in [0.3, 0.4) is 0 Å². The Morgan fingerprint density at radius 2 is 2.12 bits per heavy atom. The molecular weight excluding hydrogens is 318 g/mol. The number of amides is 1. The molecule has 1 fully saturated rings. The summed E-state index contributed by atoms with van der Waals surface area (Å²) in [6.45, 7) is 11.2. The molecule has 0 aliphatic carbocycles.